The fourth-order valence-corrected chi connectivity index (χ4v) is 6.44. The maximum atomic E-state index is 13.6. The molecule has 6 rings (SSSR count). The molecule has 2 aromatic carbocycles. The quantitative estimate of drug-likeness (QED) is 0.669. The minimum atomic E-state index is -0.800. The van der Waals surface area contributed by atoms with Gasteiger partial charge in [-0.3, -0.25) is 14.5 Å². The van der Waals surface area contributed by atoms with Crippen LogP contribution >= 0.6 is 0 Å². The van der Waals surface area contributed by atoms with Crippen molar-refractivity contribution < 1.29 is 18.4 Å². The third-order valence-electron chi connectivity index (χ3n) is 8.22. The van der Waals surface area contributed by atoms with E-state index in [-0.39, 0.29) is 42.1 Å². The molecule has 186 valence electrons. The molecular formula is C27H27F2N5O2. The van der Waals surface area contributed by atoms with Crippen LogP contribution in [-0.4, -0.2) is 69.8 Å². The largest absolute Gasteiger partial charge is 0.326 e. The molecule has 0 aromatic heterocycles. The van der Waals surface area contributed by atoms with Crippen molar-refractivity contribution in [1.29, 1.82) is 5.26 Å². The van der Waals surface area contributed by atoms with Crippen molar-refractivity contribution >= 4 is 11.8 Å². The highest BCUT2D eigenvalue weighted by Crippen LogP contribution is 2.48. The van der Waals surface area contributed by atoms with Gasteiger partial charge in [-0.05, 0) is 60.6 Å². The summed E-state index contributed by atoms with van der Waals surface area (Å²) < 4.78 is 27.3. The van der Waals surface area contributed by atoms with Gasteiger partial charge in [0.1, 0.15) is 17.7 Å². The molecule has 1 unspecified atom stereocenters. The van der Waals surface area contributed by atoms with Crippen molar-refractivity contribution in [3.63, 3.8) is 0 Å². The van der Waals surface area contributed by atoms with Crippen LogP contribution in [0.1, 0.15) is 36.4 Å². The van der Waals surface area contributed by atoms with Crippen LogP contribution in [0.4, 0.5) is 8.78 Å². The van der Waals surface area contributed by atoms with Crippen molar-refractivity contribution in [2.75, 3.05) is 13.1 Å². The van der Waals surface area contributed by atoms with E-state index in [1.807, 2.05) is 9.80 Å². The number of hydrogen-bond donors (Lipinski definition) is 1. The first-order valence-corrected chi connectivity index (χ1v) is 12.4. The Morgan fingerprint density at radius 2 is 1.64 bits per heavy atom. The molecule has 2 bridgehead atoms. The van der Waals surface area contributed by atoms with Gasteiger partial charge in [0.2, 0.25) is 11.8 Å². The Balaban J connectivity index is 1.20. The van der Waals surface area contributed by atoms with E-state index in [1.165, 1.54) is 24.3 Å². The average molecular weight is 492 g/mol. The molecule has 7 nitrogen and oxygen atoms in total. The number of fused-ring (bicyclic) bond motifs is 3. The Labute approximate surface area is 208 Å². The first-order valence-electron chi connectivity index (χ1n) is 12.4. The highest BCUT2D eigenvalue weighted by molar-refractivity contribution is 5.87. The predicted molar refractivity (Wildman–Crippen MR) is 126 cm³/mol. The number of amides is 2. The lowest BCUT2D eigenvalue weighted by atomic mass is 9.96. The second-order valence-electron chi connectivity index (χ2n) is 10.4. The topological polar surface area (TPSA) is 93.7 Å². The molecular weight excluding hydrogens is 464 g/mol. The van der Waals surface area contributed by atoms with Crippen LogP contribution in [-0.2, 0) is 9.59 Å². The van der Waals surface area contributed by atoms with E-state index in [0.717, 1.165) is 24.0 Å². The van der Waals surface area contributed by atoms with Gasteiger partial charge in [0.25, 0.3) is 0 Å². The molecule has 0 spiro atoms. The SMILES string of the molecule is N#C[C@@H]1CC2C[C@@H]2N1C(=O)[C@@H](N)CN1C[C@@H]2C[C@H]1C(=O)N2C(c1ccc(F)cc1)c1ccc(F)cc1. The number of nitrogens with zero attached hydrogens (tertiary/aromatic N) is 4. The number of piperidine rings is 1. The zero-order valence-corrected chi connectivity index (χ0v) is 19.6. The minimum absolute atomic E-state index is 0.0807. The Morgan fingerprint density at radius 1 is 1.03 bits per heavy atom. The molecule has 3 saturated heterocycles. The minimum Gasteiger partial charge on any atom is -0.326 e. The molecule has 4 aliphatic rings. The van der Waals surface area contributed by atoms with Crippen molar-refractivity contribution in [3.05, 3.63) is 71.3 Å². The molecule has 2 aromatic rings. The highest BCUT2D eigenvalue weighted by Gasteiger charge is 2.56. The van der Waals surface area contributed by atoms with Crippen molar-refractivity contribution in [2.45, 2.75) is 55.5 Å². The first-order chi connectivity index (χ1) is 17.4. The number of nitrogens with two attached hydrogens (primary N) is 1. The molecule has 1 saturated carbocycles. The van der Waals surface area contributed by atoms with E-state index in [1.54, 1.807) is 29.2 Å². The zero-order valence-electron chi connectivity index (χ0n) is 19.6. The predicted octanol–water partition coefficient (Wildman–Crippen LogP) is 2.18. The maximum Gasteiger partial charge on any atom is 0.242 e. The van der Waals surface area contributed by atoms with Crippen LogP contribution < -0.4 is 5.73 Å². The summed E-state index contributed by atoms with van der Waals surface area (Å²) in [6.07, 6.45) is 2.26. The van der Waals surface area contributed by atoms with E-state index >= 15 is 0 Å². The molecule has 9 heteroatoms. The number of halogens is 2. The van der Waals surface area contributed by atoms with Gasteiger partial charge in [0, 0.05) is 25.2 Å². The normalized spacial score (nSPS) is 29.5. The molecule has 4 fully saturated rings. The Bertz CT molecular complexity index is 1180. The lowest BCUT2D eigenvalue weighted by Gasteiger charge is -2.40. The number of hydrogen-bond acceptors (Lipinski definition) is 5. The van der Waals surface area contributed by atoms with Gasteiger partial charge in [0.05, 0.1) is 24.2 Å². The molecule has 6 atom stereocenters. The Hall–Kier alpha value is -3.35. The second-order valence-corrected chi connectivity index (χ2v) is 10.4. The number of piperazine rings is 1. The number of carbonyl (C=O) groups excluding carboxylic acids is 2. The van der Waals surface area contributed by atoms with E-state index < -0.39 is 24.2 Å². The number of benzene rings is 2. The summed E-state index contributed by atoms with van der Waals surface area (Å²) in [6, 6.07) is 12.2. The highest BCUT2D eigenvalue weighted by atomic mass is 19.1. The van der Waals surface area contributed by atoms with Crippen molar-refractivity contribution in [1.82, 2.24) is 14.7 Å². The fourth-order valence-electron chi connectivity index (χ4n) is 6.44. The zero-order chi connectivity index (χ0) is 25.1. The first kappa shape index (κ1) is 23.1. The number of nitriles is 1. The van der Waals surface area contributed by atoms with Gasteiger partial charge in [-0.1, -0.05) is 24.3 Å². The van der Waals surface area contributed by atoms with E-state index in [9.17, 15) is 23.6 Å². The average Bonchev–Trinajstić information content (AvgIpc) is 3.19. The summed E-state index contributed by atoms with van der Waals surface area (Å²) in [5.74, 6) is -0.620. The second kappa shape index (κ2) is 8.64. The van der Waals surface area contributed by atoms with Crippen LogP contribution in [0.3, 0.4) is 0 Å². The van der Waals surface area contributed by atoms with Crippen molar-refractivity contribution in [2.24, 2.45) is 11.7 Å². The summed E-state index contributed by atoms with van der Waals surface area (Å²) in [7, 11) is 0. The van der Waals surface area contributed by atoms with Crippen LogP contribution in [0, 0.1) is 28.9 Å². The number of rotatable bonds is 6. The van der Waals surface area contributed by atoms with E-state index in [2.05, 4.69) is 6.07 Å². The van der Waals surface area contributed by atoms with Crippen LogP contribution in [0.2, 0.25) is 0 Å². The molecule has 2 N–H and O–H groups in total. The summed E-state index contributed by atoms with van der Waals surface area (Å²) in [4.78, 5) is 32.2. The lowest BCUT2D eigenvalue weighted by molar-refractivity contribution is -0.140. The van der Waals surface area contributed by atoms with E-state index in [4.69, 9.17) is 5.73 Å². The molecule has 1 aliphatic carbocycles. The molecule has 36 heavy (non-hydrogen) atoms. The van der Waals surface area contributed by atoms with Gasteiger partial charge < -0.3 is 15.5 Å². The standard InChI is InChI=1S/C27H27F2N5O2/c28-18-5-1-15(2-6-18)25(16-3-7-19(29)8-4-16)34-21-11-24(27(34)36)32(13-21)14-22(31)26(35)33-20(12-30)9-17-10-23(17)33/h1-8,17,20-25H,9-11,13-14,31H2/t17?,20-,21-,22-,23-,24-/m0/s1. The smallest absolute Gasteiger partial charge is 0.242 e. The van der Waals surface area contributed by atoms with Crippen LogP contribution in [0.5, 0.6) is 0 Å². The van der Waals surface area contributed by atoms with Gasteiger partial charge in [-0.2, -0.15) is 5.26 Å². The molecule has 2 amide bonds. The van der Waals surface area contributed by atoms with E-state index in [0.29, 0.717) is 18.9 Å². The van der Waals surface area contributed by atoms with Gasteiger partial charge in [0.15, 0.2) is 0 Å². The summed E-state index contributed by atoms with van der Waals surface area (Å²) in [5.41, 5.74) is 7.81. The van der Waals surface area contributed by atoms with Crippen molar-refractivity contribution in [3.8, 4) is 6.07 Å². The van der Waals surface area contributed by atoms with Crippen LogP contribution in [0.25, 0.3) is 0 Å². The monoisotopic (exact) mass is 491 g/mol. The summed E-state index contributed by atoms with van der Waals surface area (Å²) in [5, 5.41) is 9.42. The fraction of sp³-hybridized carbons (Fsp3) is 0.444. The Kier molecular flexibility index (Phi) is 5.54. The van der Waals surface area contributed by atoms with Gasteiger partial charge >= 0.3 is 0 Å². The maximum absolute atomic E-state index is 13.6. The van der Waals surface area contributed by atoms with Gasteiger partial charge in [-0.25, -0.2) is 8.78 Å². The third kappa shape index (κ3) is 3.76. The van der Waals surface area contributed by atoms with Crippen LogP contribution in [0.15, 0.2) is 48.5 Å². The molecule has 0 radical (unpaired) electrons. The lowest BCUT2D eigenvalue weighted by Crippen LogP contribution is -2.57. The summed E-state index contributed by atoms with van der Waals surface area (Å²) >= 11 is 0. The molecule has 3 aliphatic heterocycles. The summed E-state index contributed by atoms with van der Waals surface area (Å²) in [6.45, 7) is 0.813. The van der Waals surface area contributed by atoms with Gasteiger partial charge in [-0.15, -0.1) is 0 Å². The Morgan fingerprint density at radius 3 is 2.19 bits per heavy atom. The third-order valence-corrected chi connectivity index (χ3v) is 8.22. The number of carbonyl (C=O) groups is 2. The molecule has 3 heterocycles. The number of likely N-dealkylation sites (tertiary alicyclic amines) is 3.